The van der Waals surface area contributed by atoms with Gasteiger partial charge in [0.2, 0.25) is 0 Å². The molecule has 0 bridgehead atoms. The van der Waals surface area contributed by atoms with E-state index in [1.54, 1.807) is 0 Å². The number of halogens is 1. The Balaban J connectivity index is 1.38. The number of ether oxygens (including phenoxy) is 1. The fourth-order valence-electron chi connectivity index (χ4n) is 4.95. The van der Waals surface area contributed by atoms with Crippen LogP contribution in [0.25, 0.3) is 0 Å². The standard InChI is InChI=1S/C25H35FO2/c1-2-3-4-5-6-19-7-9-20(10-8-19)21-11-13-22(14-12-21)25(27)28-24-17-15-23(26)16-18-24/h5-6,15-22H,2-4,7-14H2,1H3/b6-5+/t19-,20-,21?,22?. The van der Waals surface area contributed by atoms with E-state index in [1.807, 2.05) is 0 Å². The lowest BCUT2D eigenvalue weighted by Gasteiger charge is -2.36. The van der Waals surface area contributed by atoms with Gasteiger partial charge in [-0.15, -0.1) is 0 Å². The fourth-order valence-corrected chi connectivity index (χ4v) is 4.95. The Labute approximate surface area is 169 Å². The lowest BCUT2D eigenvalue weighted by Crippen LogP contribution is -2.30. The van der Waals surface area contributed by atoms with Gasteiger partial charge < -0.3 is 4.74 Å². The predicted molar refractivity (Wildman–Crippen MR) is 112 cm³/mol. The Morgan fingerprint density at radius 2 is 1.61 bits per heavy atom. The van der Waals surface area contributed by atoms with Crippen molar-refractivity contribution in [1.82, 2.24) is 0 Å². The molecule has 0 saturated heterocycles. The maximum atomic E-state index is 13.0. The molecule has 2 aliphatic rings. The van der Waals surface area contributed by atoms with Crippen LogP contribution in [0.1, 0.15) is 77.6 Å². The second kappa shape index (κ2) is 10.8. The fraction of sp³-hybridized carbons (Fsp3) is 0.640. The lowest BCUT2D eigenvalue weighted by molar-refractivity contribution is -0.140. The molecule has 0 heterocycles. The van der Waals surface area contributed by atoms with E-state index in [2.05, 4.69) is 19.1 Å². The highest BCUT2D eigenvalue weighted by atomic mass is 19.1. The van der Waals surface area contributed by atoms with Crippen LogP contribution >= 0.6 is 0 Å². The number of hydrogen-bond acceptors (Lipinski definition) is 2. The van der Waals surface area contributed by atoms with Crippen LogP contribution in [0.4, 0.5) is 4.39 Å². The number of allylic oxidation sites excluding steroid dienone is 2. The van der Waals surface area contributed by atoms with E-state index < -0.39 is 0 Å². The first-order valence-corrected chi connectivity index (χ1v) is 11.3. The first-order chi connectivity index (χ1) is 13.7. The molecule has 0 radical (unpaired) electrons. The van der Waals surface area contributed by atoms with E-state index in [0.29, 0.717) is 5.75 Å². The highest BCUT2D eigenvalue weighted by Gasteiger charge is 2.33. The van der Waals surface area contributed by atoms with Crippen molar-refractivity contribution in [2.45, 2.75) is 77.6 Å². The highest BCUT2D eigenvalue weighted by Crippen LogP contribution is 2.42. The van der Waals surface area contributed by atoms with Crippen LogP contribution in [0, 0.1) is 29.5 Å². The monoisotopic (exact) mass is 386 g/mol. The molecule has 0 N–H and O–H groups in total. The first kappa shape index (κ1) is 21.1. The number of benzene rings is 1. The molecule has 2 fully saturated rings. The van der Waals surface area contributed by atoms with Gasteiger partial charge in [-0.1, -0.05) is 31.9 Å². The van der Waals surface area contributed by atoms with Gasteiger partial charge in [0.25, 0.3) is 0 Å². The minimum atomic E-state index is -0.313. The van der Waals surface area contributed by atoms with Gasteiger partial charge in [0.1, 0.15) is 11.6 Å². The van der Waals surface area contributed by atoms with Crippen molar-refractivity contribution in [1.29, 1.82) is 0 Å². The maximum absolute atomic E-state index is 13.0. The Bertz CT molecular complexity index is 620. The summed E-state index contributed by atoms with van der Waals surface area (Å²) in [6, 6.07) is 5.70. The summed E-state index contributed by atoms with van der Waals surface area (Å²) in [5.74, 6) is 2.39. The van der Waals surface area contributed by atoms with Gasteiger partial charge in [-0.3, -0.25) is 4.79 Å². The van der Waals surface area contributed by atoms with Gasteiger partial charge in [0, 0.05) is 0 Å². The molecule has 2 nitrogen and oxygen atoms in total. The highest BCUT2D eigenvalue weighted by molar-refractivity contribution is 5.75. The molecule has 0 unspecified atom stereocenters. The van der Waals surface area contributed by atoms with Crippen molar-refractivity contribution in [2.75, 3.05) is 0 Å². The van der Waals surface area contributed by atoms with Crippen LogP contribution in [-0.2, 0) is 4.79 Å². The average Bonchev–Trinajstić information content (AvgIpc) is 2.73. The minimum Gasteiger partial charge on any atom is -0.426 e. The number of carbonyl (C=O) groups excluding carboxylic acids is 1. The molecule has 1 aromatic rings. The molecule has 2 aliphatic carbocycles. The zero-order chi connectivity index (χ0) is 19.8. The lowest BCUT2D eigenvalue weighted by atomic mass is 9.69. The zero-order valence-corrected chi connectivity index (χ0v) is 17.2. The molecule has 0 spiro atoms. The number of rotatable bonds is 7. The Hall–Kier alpha value is -1.64. The van der Waals surface area contributed by atoms with Gasteiger partial charge in [0.15, 0.2) is 0 Å². The number of carbonyl (C=O) groups is 1. The summed E-state index contributed by atoms with van der Waals surface area (Å²) in [7, 11) is 0. The van der Waals surface area contributed by atoms with Crippen molar-refractivity contribution >= 4 is 5.97 Å². The third-order valence-electron chi connectivity index (χ3n) is 6.75. The summed E-state index contributed by atoms with van der Waals surface area (Å²) in [5, 5.41) is 0. The second-order valence-corrected chi connectivity index (χ2v) is 8.73. The van der Waals surface area contributed by atoms with E-state index in [1.165, 1.54) is 69.2 Å². The van der Waals surface area contributed by atoms with E-state index in [0.717, 1.165) is 43.4 Å². The topological polar surface area (TPSA) is 26.3 Å². The van der Waals surface area contributed by atoms with Crippen molar-refractivity contribution in [3.8, 4) is 5.75 Å². The molecule has 3 rings (SSSR count). The van der Waals surface area contributed by atoms with Crippen LogP contribution in [0.15, 0.2) is 36.4 Å². The predicted octanol–water partition coefficient (Wildman–Crippen LogP) is 7.09. The Morgan fingerprint density at radius 3 is 2.21 bits per heavy atom. The van der Waals surface area contributed by atoms with Gasteiger partial charge in [-0.05, 0) is 99.8 Å². The quantitative estimate of drug-likeness (QED) is 0.216. The molecule has 0 aromatic heterocycles. The molecule has 3 heteroatoms. The summed E-state index contributed by atoms with van der Waals surface area (Å²) in [6.07, 6.45) is 18.2. The molecular weight excluding hydrogens is 351 g/mol. The first-order valence-electron chi connectivity index (χ1n) is 11.3. The molecule has 0 amide bonds. The van der Waals surface area contributed by atoms with E-state index in [9.17, 15) is 9.18 Å². The van der Waals surface area contributed by atoms with Crippen molar-refractivity contribution < 1.29 is 13.9 Å². The van der Waals surface area contributed by atoms with Gasteiger partial charge >= 0.3 is 5.97 Å². The summed E-state index contributed by atoms with van der Waals surface area (Å²) in [6.45, 7) is 2.25. The smallest absolute Gasteiger partial charge is 0.314 e. The molecule has 154 valence electrons. The Kier molecular flexibility index (Phi) is 8.12. The molecule has 28 heavy (non-hydrogen) atoms. The SMILES string of the molecule is CCCC/C=C/[C@H]1CC[C@H](C2CCC(C(=O)Oc3ccc(F)cc3)CC2)CC1. The van der Waals surface area contributed by atoms with Crippen LogP contribution in [-0.4, -0.2) is 5.97 Å². The van der Waals surface area contributed by atoms with E-state index in [4.69, 9.17) is 4.74 Å². The molecular formula is C25H35FO2. The van der Waals surface area contributed by atoms with E-state index >= 15 is 0 Å². The maximum Gasteiger partial charge on any atom is 0.314 e. The minimum absolute atomic E-state index is 0.000795. The average molecular weight is 387 g/mol. The number of esters is 1. The Morgan fingerprint density at radius 1 is 1.00 bits per heavy atom. The van der Waals surface area contributed by atoms with Crippen molar-refractivity contribution in [2.24, 2.45) is 23.7 Å². The normalized spacial score (nSPS) is 28.4. The molecule has 0 atom stereocenters. The van der Waals surface area contributed by atoms with Crippen molar-refractivity contribution in [3.05, 3.63) is 42.2 Å². The van der Waals surface area contributed by atoms with Crippen LogP contribution in [0.2, 0.25) is 0 Å². The molecule has 0 aliphatic heterocycles. The zero-order valence-electron chi connectivity index (χ0n) is 17.2. The van der Waals surface area contributed by atoms with E-state index in [-0.39, 0.29) is 17.7 Å². The largest absolute Gasteiger partial charge is 0.426 e. The van der Waals surface area contributed by atoms with Crippen LogP contribution in [0.5, 0.6) is 5.75 Å². The number of hydrogen-bond donors (Lipinski definition) is 0. The van der Waals surface area contributed by atoms with Gasteiger partial charge in [-0.25, -0.2) is 4.39 Å². The molecule has 2 saturated carbocycles. The summed E-state index contributed by atoms with van der Waals surface area (Å²) in [4.78, 5) is 12.4. The third-order valence-corrected chi connectivity index (χ3v) is 6.75. The van der Waals surface area contributed by atoms with Crippen molar-refractivity contribution in [3.63, 3.8) is 0 Å². The molecule has 1 aromatic carbocycles. The van der Waals surface area contributed by atoms with Gasteiger partial charge in [0.05, 0.1) is 5.92 Å². The second-order valence-electron chi connectivity index (χ2n) is 8.73. The summed E-state index contributed by atoms with van der Waals surface area (Å²) >= 11 is 0. The summed E-state index contributed by atoms with van der Waals surface area (Å²) < 4.78 is 18.4. The van der Waals surface area contributed by atoms with Crippen LogP contribution in [0.3, 0.4) is 0 Å². The third kappa shape index (κ3) is 6.18. The van der Waals surface area contributed by atoms with Gasteiger partial charge in [-0.2, -0.15) is 0 Å². The number of unbranched alkanes of at least 4 members (excludes halogenated alkanes) is 2. The summed E-state index contributed by atoms with van der Waals surface area (Å²) in [5.41, 5.74) is 0. The van der Waals surface area contributed by atoms with Crippen LogP contribution < -0.4 is 4.74 Å².